The second-order valence-corrected chi connectivity index (χ2v) is 7.93. The number of carboxylic acids is 1. The average molecular weight is 345 g/mol. The van der Waals surface area contributed by atoms with Crippen molar-refractivity contribution in [3.05, 3.63) is 29.8 Å². The van der Waals surface area contributed by atoms with Gasteiger partial charge in [0.25, 0.3) is 0 Å². The highest BCUT2D eigenvalue weighted by Crippen LogP contribution is 2.17. The molecular weight excluding hydrogens is 326 g/mol. The van der Waals surface area contributed by atoms with Crippen LogP contribution in [0, 0.1) is 0 Å². The lowest BCUT2D eigenvalue weighted by Gasteiger charge is -2.13. The summed E-state index contributed by atoms with van der Waals surface area (Å²) >= 11 is 1.04. The monoisotopic (exact) mass is 345 g/mol. The standard InChI is InChI=1S/C14H19NO5S2/c1-10(7-15-13(16)8-21-9-14(17)18)11-3-5-12(6-4-11)22(2,19)20/h3-6,10H,7-9H2,1-2H3,(H,15,16)(H,17,18). The molecule has 0 aliphatic carbocycles. The first-order chi connectivity index (χ1) is 10.2. The molecule has 122 valence electrons. The summed E-state index contributed by atoms with van der Waals surface area (Å²) in [5.74, 6) is -1.13. The van der Waals surface area contributed by atoms with E-state index in [1.54, 1.807) is 24.3 Å². The molecule has 1 atom stereocenters. The SMILES string of the molecule is CC(CNC(=O)CSCC(=O)O)c1ccc(S(C)(=O)=O)cc1. The van der Waals surface area contributed by atoms with Gasteiger partial charge < -0.3 is 10.4 Å². The maximum atomic E-state index is 11.5. The van der Waals surface area contributed by atoms with Gasteiger partial charge in [-0.3, -0.25) is 9.59 Å². The molecule has 0 radical (unpaired) electrons. The Morgan fingerprint density at radius 1 is 1.23 bits per heavy atom. The first kappa shape index (κ1) is 18.5. The van der Waals surface area contributed by atoms with Crippen molar-refractivity contribution < 1.29 is 23.1 Å². The number of nitrogens with one attached hydrogen (secondary N) is 1. The minimum atomic E-state index is -3.21. The summed E-state index contributed by atoms with van der Waals surface area (Å²) in [5, 5.41) is 11.2. The lowest BCUT2D eigenvalue weighted by Crippen LogP contribution is -2.29. The summed E-state index contributed by atoms with van der Waals surface area (Å²) in [7, 11) is -3.21. The topological polar surface area (TPSA) is 101 Å². The van der Waals surface area contributed by atoms with Gasteiger partial charge in [-0.1, -0.05) is 19.1 Å². The molecule has 8 heteroatoms. The van der Waals surface area contributed by atoms with Gasteiger partial charge in [0.2, 0.25) is 5.91 Å². The van der Waals surface area contributed by atoms with Crippen molar-refractivity contribution in [2.24, 2.45) is 0 Å². The molecule has 0 aromatic heterocycles. The number of carbonyl (C=O) groups excluding carboxylic acids is 1. The van der Waals surface area contributed by atoms with Crippen LogP contribution in [-0.4, -0.2) is 49.7 Å². The molecule has 0 aliphatic heterocycles. The lowest BCUT2D eigenvalue weighted by atomic mass is 10.0. The fourth-order valence-electron chi connectivity index (χ4n) is 1.71. The van der Waals surface area contributed by atoms with Crippen LogP contribution in [0.3, 0.4) is 0 Å². The number of carboxylic acid groups (broad SMARTS) is 1. The van der Waals surface area contributed by atoms with Gasteiger partial charge in [0.15, 0.2) is 9.84 Å². The van der Waals surface area contributed by atoms with Gasteiger partial charge in [-0.25, -0.2) is 8.42 Å². The van der Waals surface area contributed by atoms with Crippen LogP contribution in [0.4, 0.5) is 0 Å². The molecule has 1 aromatic rings. The predicted molar refractivity (Wildman–Crippen MR) is 85.9 cm³/mol. The van der Waals surface area contributed by atoms with E-state index >= 15 is 0 Å². The van der Waals surface area contributed by atoms with E-state index in [9.17, 15) is 18.0 Å². The van der Waals surface area contributed by atoms with Gasteiger partial charge in [-0.05, 0) is 23.6 Å². The van der Waals surface area contributed by atoms with Crippen LogP contribution in [0.5, 0.6) is 0 Å². The third-order valence-electron chi connectivity index (χ3n) is 2.94. The molecule has 0 heterocycles. The van der Waals surface area contributed by atoms with Crippen molar-refractivity contribution in [1.82, 2.24) is 5.32 Å². The molecule has 0 aliphatic rings. The number of hydrogen-bond donors (Lipinski definition) is 2. The van der Waals surface area contributed by atoms with E-state index in [1.807, 2.05) is 6.92 Å². The minimum Gasteiger partial charge on any atom is -0.481 e. The van der Waals surface area contributed by atoms with Crippen LogP contribution in [0.25, 0.3) is 0 Å². The van der Waals surface area contributed by atoms with E-state index < -0.39 is 15.8 Å². The molecule has 6 nitrogen and oxygen atoms in total. The summed E-state index contributed by atoms with van der Waals surface area (Å²) in [4.78, 5) is 22.1. The number of aliphatic carboxylic acids is 1. The van der Waals surface area contributed by atoms with Crippen LogP contribution in [0.2, 0.25) is 0 Å². The fraction of sp³-hybridized carbons (Fsp3) is 0.429. The number of rotatable bonds is 8. The zero-order valence-electron chi connectivity index (χ0n) is 12.4. The van der Waals surface area contributed by atoms with E-state index in [2.05, 4.69) is 5.32 Å². The number of thioether (sulfide) groups is 1. The van der Waals surface area contributed by atoms with E-state index in [4.69, 9.17) is 5.11 Å². The van der Waals surface area contributed by atoms with Crippen molar-refractivity contribution in [1.29, 1.82) is 0 Å². The predicted octanol–water partition coefficient (Wildman–Crippen LogP) is 1.13. The smallest absolute Gasteiger partial charge is 0.313 e. The Kier molecular flexibility index (Phi) is 6.89. The number of sulfone groups is 1. The van der Waals surface area contributed by atoms with Crippen LogP contribution in [0.15, 0.2) is 29.2 Å². The van der Waals surface area contributed by atoms with E-state index in [1.165, 1.54) is 0 Å². The van der Waals surface area contributed by atoms with Gasteiger partial charge >= 0.3 is 5.97 Å². The van der Waals surface area contributed by atoms with E-state index in [0.29, 0.717) is 6.54 Å². The Bertz CT molecular complexity index is 625. The molecule has 1 unspecified atom stereocenters. The lowest BCUT2D eigenvalue weighted by molar-refractivity contribution is -0.133. The summed E-state index contributed by atoms with van der Waals surface area (Å²) in [6.07, 6.45) is 1.15. The maximum absolute atomic E-state index is 11.5. The molecule has 0 saturated heterocycles. The van der Waals surface area contributed by atoms with Gasteiger partial charge in [0, 0.05) is 12.8 Å². The van der Waals surface area contributed by atoms with Gasteiger partial charge in [0.1, 0.15) is 0 Å². The molecule has 0 bridgehead atoms. The van der Waals surface area contributed by atoms with Crippen LogP contribution in [0.1, 0.15) is 18.4 Å². The molecule has 0 saturated carbocycles. The molecule has 0 fully saturated rings. The van der Waals surface area contributed by atoms with Crippen molar-refractivity contribution in [3.8, 4) is 0 Å². The van der Waals surface area contributed by atoms with Crippen molar-refractivity contribution in [3.63, 3.8) is 0 Å². The summed E-state index contributed by atoms with van der Waals surface area (Å²) in [5.41, 5.74) is 0.922. The second-order valence-electron chi connectivity index (χ2n) is 4.93. The number of carbonyl (C=O) groups is 2. The summed E-state index contributed by atoms with van der Waals surface area (Å²) in [6.45, 7) is 2.32. The first-order valence-corrected chi connectivity index (χ1v) is 9.61. The normalized spacial score (nSPS) is 12.6. The Hall–Kier alpha value is -1.54. The van der Waals surface area contributed by atoms with Crippen molar-refractivity contribution in [2.75, 3.05) is 24.3 Å². The number of amides is 1. The Morgan fingerprint density at radius 3 is 2.32 bits per heavy atom. The zero-order valence-corrected chi connectivity index (χ0v) is 14.0. The Labute approximate surface area is 134 Å². The average Bonchev–Trinajstić information content (AvgIpc) is 2.43. The highest BCUT2D eigenvalue weighted by Gasteiger charge is 2.11. The van der Waals surface area contributed by atoms with Crippen LogP contribution < -0.4 is 5.32 Å². The Balaban J connectivity index is 2.47. The number of benzene rings is 1. The molecule has 22 heavy (non-hydrogen) atoms. The van der Waals surface area contributed by atoms with E-state index in [0.717, 1.165) is 23.6 Å². The first-order valence-electron chi connectivity index (χ1n) is 6.56. The third kappa shape index (κ3) is 6.48. The van der Waals surface area contributed by atoms with Gasteiger partial charge in [-0.2, -0.15) is 0 Å². The highest BCUT2D eigenvalue weighted by molar-refractivity contribution is 8.00. The molecular formula is C14H19NO5S2. The summed E-state index contributed by atoms with van der Waals surface area (Å²) < 4.78 is 22.8. The highest BCUT2D eigenvalue weighted by atomic mass is 32.2. The van der Waals surface area contributed by atoms with Crippen molar-refractivity contribution in [2.45, 2.75) is 17.7 Å². The maximum Gasteiger partial charge on any atom is 0.313 e. The zero-order chi connectivity index (χ0) is 16.8. The molecule has 1 amide bonds. The number of hydrogen-bond acceptors (Lipinski definition) is 5. The van der Waals surface area contributed by atoms with E-state index in [-0.39, 0.29) is 28.2 Å². The molecule has 1 aromatic carbocycles. The summed E-state index contributed by atoms with van der Waals surface area (Å²) in [6, 6.07) is 6.55. The fourth-order valence-corrected chi connectivity index (χ4v) is 2.91. The quantitative estimate of drug-likeness (QED) is 0.732. The third-order valence-corrected chi connectivity index (χ3v) is 4.99. The van der Waals surface area contributed by atoms with Crippen LogP contribution >= 0.6 is 11.8 Å². The molecule has 0 spiro atoms. The molecule has 2 N–H and O–H groups in total. The largest absolute Gasteiger partial charge is 0.481 e. The van der Waals surface area contributed by atoms with Crippen LogP contribution in [-0.2, 0) is 19.4 Å². The van der Waals surface area contributed by atoms with Crippen molar-refractivity contribution >= 4 is 33.5 Å². The Morgan fingerprint density at radius 2 is 1.82 bits per heavy atom. The minimum absolute atomic E-state index is 0.0297. The second kappa shape index (κ2) is 8.19. The van der Waals surface area contributed by atoms with Gasteiger partial charge in [-0.15, -0.1) is 11.8 Å². The van der Waals surface area contributed by atoms with Gasteiger partial charge in [0.05, 0.1) is 16.4 Å². The molecule has 1 rings (SSSR count).